The maximum Gasteiger partial charge on any atom is 0.241 e. The molecule has 1 saturated heterocycles. The van der Waals surface area contributed by atoms with Gasteiger partial charge in [0.15, 0.2) is 0 Å². The summed E-state index contributed by atoms with van der Waals surface area (Å²) < 4.78 is 5.54. The van der Waals surface area contributed by atoms with E-state index in [1.165, 1.54) is 12.8 Å². The molecule has 1 N–H and O–H groups in total. The molecule has 0 aliphatic carbocycles. The van der Waals surface area contributed by atoms with Gasteiger partial charge < -0.3 is 15.0 Å². The van der Waals surface area contributed by atoms with Crippen molar-refractivity contribution >= 4 is 11.6 Å². The maximum atomic E-state index is 12.2. The van der Waals surface area contributed by atoms with E-state index in [9.17, 15) is 4.79 Å². The highest BCUT2D eigenvalue weighted by molar-refractivity contribution is 5.80. The Labute approximate surface area is 127 Å². The van der Waals surface area contributed by atoms with Gasteiger partial charge in [0, 0.05) is 18.8 Å². The van der Waals surface area contributed by atoms with Gasteiger partial charge in [0.25, 0.3) is 0 Å². The minimum absolute atomic E-state index is 0.197. The van der Waals surface area contributed by atoms with Gasteiger partial charge in [-0.15, -0.1) is 0 Å². The van der Waals surface area contributed by atoms with Gasteiger partial charge in [-0.25, -0.2) is 0 Å². The second-order valence-corrected chi connectivity index (χ2v) is 5.52. The Kier molecular flexibility index (Phi) is 6.38. The van der Waals surface area contributed by atoms with Crippen LogP contribution in [0.2, 0.25) is 0 Å². The van der Waals surface area contributed by atoms with Crippen LogP contribution in [-0.2, 0) is 4.79 Å². The van der Waals surface area contributed by atoms with Gasteiger partial charge in [-0.05, 0) is 43.5 Å². The molecule has 0 bridgehead atoms. The fourth-order valence-corrected chi connectivity index (χ4v) is 2.50. The number of ether oxygens (including phenoxy) is 1. The lowest BCUT2D eigenvalue weighted by atomic mass is 10.2. The van der Waals surface area contributed by atoms with E-state index >= 15 is 0 Å². The number of nitrogens with one attached hydrogen (secondary N) is 1. The van der Waals surface area contributed by atoms with Crippen molar-refractivity contribution < 1.29 is 9.53 Å². The highest BCUT2D eigenvalue weighted by atomic mass is 16.5. The van der Waals surface area contributed by atoms with Crippen molar-refractivity contribution in [3.05, 3.63) is 24.3 Å². The number of amides is 1. The zero-order valence-electron chi connectivity index (χ0n) is 12.9. The van der Waals surface area contributed by atoms with Gasteiger partial charge >= 0.3 is 0 Å². The lowest BCUT2D eigenvalue weighted by Gasteiger charge is -2.20. The zero-order valence-corrected chi connectivity index (χ0v) is 12.9. The Morgan fingerprint density at radius 3 is 2.43 bits per heavy atom. The molecule has 2 rings (SSSR count). The summed E-state index contributed by atoms with van der Waals surface area (Å²) in [4.78, 5) is 14.2. The fraction of sp³-hybridized carbons (Fsp3) is 0.588. The van der Waals surface area contributed by atoms with Crippen molar-refractivity contribution in [3.8, 4) is 5.75 Å². The summed E-state index contributed by atoms with van der Waals surface area (Å²) in [5.74, 6) is 1.07. The van der Waals surface area contributed by atoms with Crippen molar-refractivity contribution in [2.75, 3.05) is 31.6 Å². The third-order valence-corrected chi connectivity index (χ3v) is 3.73. The molecular formula is C17H26N2O2. The van der Waals surface area contributed by atoms with Gasteiger partial charge in [-0.1, -0.05) is 19.8 Å². The second kappa shape index (κ2) is 8.55. The topological polar surface area (TPSA) is 41.6 Å². The van der Waals surface area contributed by atoms with Crippen molar-refractivity contribution in [1.82, 2.24) is 4.90 Å². The summed E-state index contributed by atoms with van der Waals surface area (Å²) in [5, 5.41) is 3.20. The van der Waals surface area contributed by atoms with E-state index in [-0.39, 0.29) is 5.91 Å². The molecule has 1 aromatic carbocycles. The Morgan fingerprint density at radius 1 is 1.14 bits per heavy atom. The molecule has 0 spiro atoms. The maximum absolute atomic E-state index is 12.2. The summed E-state index contributed by atoms with van der Waals surface area (Å²) in [6, 6.07) is 7.80. The summed E-state index contributed by atoms with van der Waals surface area (Å²) in [6.45, 7) is 5.01. The van der Waals surface area contributed by atoms with E-state index in [2.05, 4.69) is 12.2 Å². The lowest BCUT2D eigenvalue weighted by molar-refractivity contribution is -0.129. The molecule has 4 heteroatoms. The largest absolute Gasteiger partial charge is 0.494 e. The molecule has 21 heavy (non-hydrogen) atoms. The minimum Gasteiger partial charge on any atom is -0.494 e. The number of anilines is 1. The standard InChI is InChI=1S/C17H26N2O2/c1-2-13-21-16-9-7-15(8-10-16)18-14-17(20)19-11-5-3-4-6-12-19/h7-10,18H,2-6,11-14H2,1H3. The third-order valence-electron chi connectivity index (χ3n) is 3.73. The van der Waals surface area contributed by atoms with Crippen LogP contribution in [0.15, 0.2) is 24.3 Å². The van der Waals surface area contributed by atoms with E-state index in [1.807, 2.05) is 29.2 Å². The molecule has 0 saturated carbocycles. The van der Waals surface area contributed by atoms with Crippen LogP contribution >= 0.6 is 0 Å². The average Bonchev–Trinajstić information content (AvgIpc) is 2.81. The molecule has 0 aromatic heterocycles. The van der Waals surface area contributed by atoms with Crippen LogP contribution in [0.3, 0.4) is 0 Å². The Hall–Kier alpha value is -1.71. The van der Waals surface area contributed by atoms with E-state index < -0.39 is 0 Å². The van der Waals surface area contributed by atoms with Crippen LogP contribution in [0.25, 0.3) is 0 Å². The van der Waals surface area contributed by atoms with Gasteiger partial charge in [-0.2, -0.15) is 0 Å². The van der Waals surface area contributed by atoms with Gasteiger partial charge in [0.05, 0.1) is 13.2 Å². The first-order valence-electron chi connectivity index (χ1n) is 8.04. The monoisotopic (exact) mass is 290 g/mol. The number of rotatable bonds is 6. The summed E-state index contributed by atoms with van der Waals surface area (Å²) >= 11 is 0. The Balaban J connectivity index is 1.77. The summed E-state index contributed by atoms with van der Waals surface area (Å²) in [5.41, 5.74) is 0.960. The van der Waals surface area contributed by atoms with E-state index in [4.69, 9.17) is 4.74 Å². The van der Waals surface area contributed by atoms with Crippen molar-refractivity contribution in [2.45, 2.75) is 39.0 Å². The number of likely N-dealkylation sites (tertiary alicyclic amines) is 1. The SMILES string of the molecule is CCCOc1ccc(NCC(=O)N2CCCCCC2)cc1. The van der Waals surface area contributed by atoms with Gasteiger partial charge in [0.2, 0.25) is 5.91 Å². The lowest BCUT2D eigenvalue weighted by Crippen LogP contribution is -2.36. The average molecular weight is 290 g/mol. The van der Waals surface area contributed by atoms with Crippen LogP contribution in [0.4, 0.5) is 5.69 Å². The second-order valence-electron chi connectivity index (χ2n) is 5.52. The number of carbonyl (C=O) groups is 1. The Morgan fingerprint density at radius 2 is 1.81 bits per heavy atom. The van der Waals surface area contributed by atoms with E-state index in [0.29, 0.717) is 6.54 Å². The molecule has 1 aromatic rings. The minimum atomic E-state index is 0.197. The quantitative estimate of drug-likeness (QED) is 0.874. The number of carbonyl (C=O) groups excluding carboxylic acids is 1. The summed E-state index contributed by atoms with van der Waals surface area (Å²) in [6.07, 6.45) is 5.77. The van der Waals surface area contributed by atoms with Crippen LogP contribution in [0, 0.1) is 0 Å². The molecule has 1 aliphatic heterocycles. The predicted molar refractivity (Wildman–Crippen MR) is 85.8 cm³/mol. The molecule has 1 amide bonds. The molecule has 0 atom stereocenters. The first kappa shape index (κ1) is 15.7. The van der Waals surface area contributed by atoms with Crippen molar-refractivity contribution in [1.29, 1.82) is 0 Å². The third kappa shape index (κ3) is 5.29. The van der Waals surface area contributed by atoms with Crippen LogP contribution in [0.1, 0.15) is 39.0 Å². The smallest absolute Gasteiger partial charge is 0.241 e. The predicted octanol–water partition coefficient (Wildman–Crippen LogP) is 3.29. The molecule has 116 valence electrons. The summed E-state index contributed by atoms with van der Waals surface area (Å²) in [7, 11) is 0. The first-order valence-corrected chi connectivity index (χ1v) is 8.04. The van der Waals surface area contributed by atoms with Gasteiger partial charge in [-0.3, -0.25) is 4.79 Å². The van der Waals surface area contributed by atoms with Crippen molar-refractivity contribution in [3.63, 3.8) is 0 Å². The number of nitrogens with zero attached hydrogens (tertiary/aromatic N) is 1. The number of hydrogen-bond acceptors (Lipinski definition) is 3. The first-order chi connectivity index (χ1) is 10.3. The van der Waals surface area contributed by atoms with Crippen LogP contribution < -0.4 is 10.1 Å². The van der Waals surface area contributed by atoms with Crippen LogP contribution in [0.5, 0.6) is 5.75 Å². The molecule has 4 nitrogen and oxygen atoms in total. The van der Waals surface area contributed by atoms with Crippen LogP contribution in [-0.4, -0.2) is 37.0 Å². The fourth-order valence-electron chi connectivity index (χ4n) is 2.50. The molecule has 1 aliphatic rings. The van der Waals surface area contributed by atoms with Gasteiger partial charge in [0.1, 0.15) is 5.75 Å². The van der Waals surface area contributed by atoms with Crippen molar-refractivity contribution in [2.24, 2.45) is 0 Å². The number of benzene rings is 1. The van der Waals surface area contributed by atoms with E-state index in [1.54, 1.807) is 0 Å². The molecule has 0 radical (unpaired) electrons. The van der Waals surface area contributed by atoms with E-state index in [0.717, 1.165) is 50.4 Å². The number of hydrogen-bond donors (Lipinski definition) is 1. The molecule has 1 heterocycles. The normalized spacial score (nSPS) is 15.4. The molecule has 1 fully saturated rings. The highest BCUT2D eigenvalue weighted by Gasteiger charge is 2.14. The highest BCUT2D eigenvalue weighted by Crippen LogP contribution is 2.16. The Bertz CT molecular complexity index is 423. The zero-order chi connectivity index (χ0) is 14.9. The molecular weight excluding hydrogens is 264 g/mol. The molecule has 0 unspecified atom stereocenters.